The third-order valence-electron chi connectivity index (χ3n) is 3.99. The van der Waals surface area contributed by atoms with E-state index in [0.717, 1.165) is 29.5 Å². The third-order valence-corrected chi connectivity index (χ3v) is 5.34. The molecular weight excluding hydrogens is 322 g/mol. The average Bonchev–Trinajstić information content (AvgIpc) is 2.56. The average molecular weight is 347 g/mol. The van der Waals surface area contributed by atoms with Crippen LogP contribution in [-0.2, 0) is 22.9 Å². The number of para-hydroxylation sites is 1. The fraction of sp³-hybridized carbons (Fsp3) is 0.368. The minimum atomic E-state index is -3.64. The van der Waals surface area contributed by atoms with Crippen molar-refractivity contribution >= 4 is 15.7 Å². The standard InChI is InChI=1S/C19H25NO3S/c1-5-15-9-8-10-16(6-2)19(15)20-24(21,22)17-11-12-18(23-7-3)14(4)13-17/h8-13,20H,5-7H2,1-4H3. The maximum atomic E-state index is 12.8. The second kappa shape index (κ2) is 7.71. The van der Waals surface area contributed by atoms with Crippen molar-refractivity contribution < 1.29 is 13.2 Å². The van der Waals surface area contributed by atoms with E-state index in [1.54, 1.807) is 18.2 Å². The Kier molecular flexibility index (Phi) is 5.89. The molecule has 0 unspecified atom stereocenters. The Morgan fingerprint density at radius 3 is 2.12 bits per heavy atom. The van der Waals surface area contributed by atoms with Gasteiger partial charge < -0.3 is 4.74 Å². The molecule has 0 fully saturated rings. The summed E-state index contributed by atoms with van der Waals surface area (Å²) in [5.74, 6) is 0.708. The molecule has 130 valence electrons. The van der Waals surface area contributed by atoms with Gasteiger partial charge in [-0.05, 0) is 61.6 Å². The van der Waals surface area contributed by atoms with Gasteiger partial charge in [-0.1, -0.05) is 32.0 Å². The summed E-state index contributed by atoms with van der Waals surface area (Å²) in [6.07, 6.45) is 1.54. The summed E-state index contributed by atoms with van der Waals surface area (Å²) in [5.41, 5.74) is 3.51. The molecule has 0 aromatic heterocycles. The first-order chi connectivity index (χ1) is 11.4. The summed E-state index contributed by atoms with van der Waals surface area (Å²) in [5, 5.41) is 0. The van der Waals surface area contributed by atoms with Gasteiger partial charge >= 0.3 is 0 Å². The fourth-order valence-corrected chi connectivity index (χ4v) is 3.90. The first-order valence-corrected chi connectivity index (χ1v) is 9.78. The lowest BCUT2D eigenvalue weighted by Crippen LogP contribution is -2.16. The molecule has 0 saturated carbocycles. The van der Waals surface area contributed by atoms with Crippen LogP contribution in [0.2, 0.25) is 0 Å². The van der Waals surface area contributed by atoms with Gasteiger partial charge in [0.2, 0.25) is 0 Å². The van der Waals surface area contributed by atoms with Gasteiger partial charge in [0.15, 0.2) is 0 Å². The molecule has 0 aliphatic heterocycles. The largest absolute Gasteiger partial charge is 0.494 e. The molecule has 4 nitrogen and oxygen atoms in total. The number of sulfonamides is 1. The lowest BCUT2D eigenvalue weighted by Gasteiger charge is -2.16. The second-order valence-corrected chi connectivity index (χ2v) is 7.31. The monoisotopic (exact) mass is 347 g/mol. The molecule has 0 saturated heterocycles. The molecule has 0 heterocycles. The van der Waals surface area contributed by atoms with Gasteiger partial charge in [0.05, 0.1) is 17.2 Å². The van der Waals surface area contributed by atoms with Crippen LogP contribution < -0.4 is 9.46 Å². The topological polar surface area (TPSA) is 55.4 Å². The fourth-order valence-electron chi connectivity index (χ4n) is 2.67. The summed E-state index contributed by atoms with van der Waals surface area (Å²) >= 11 is 0. The molecule has 0 atom stereocenters. The van der Waals surface area contributed by atoms with Crippen molar-refractivity contribution in [3.05, 3.63) is 53.1 Å². The van der Waals surface area contributed by atoms with Crippen molar-refractivity contribution in [3.8, 4) is 5.75 Å². The van der Waals surface area contributed by atoms with E-state index in [2.05, 4.69) is 4.72 Å². The van der Waals surface area contributed by atoms with Gasteiger partial charge in [-0.15, -0.1) is 0 Å². The Morgan fingerprint density at radius 1 is 1.00 bits per heavy atom. The van der Waals surface area contributed by atoms with Crippen LogP contribution in [0.25, 0.3) is 0 Å². The van der Waals surface area contributed by atoms with Gasteiger partial charge in [-0.3, -0.25) is 4.72 Å². The molecule has 0 aliphatic rings. The summed E-state index contributed by atoms with van der Waals surface area (Å²) in [7, 11) is -3.64. The van der Waals surface area contributed by atoms with Crippen LogP contribution in [0, 0.1) is 6.92 Å². The molecule has 2 rings (SSSR count). The van der Waals surface area contributed by atoms with Crippen molar-refractivity contribution in [2.24, 2.45) is 0 Å². The summed E-state index contributed by atoms with van der Waals surface area (Å²) < 4.78 is 33.9. The normalized spacial score (nSPS) is 11.3. The van der Waals surface area contributed by atoms with Crippen LogP contribution in [0.4, 0.5) is 5.69 Å². The first kappa shape index (κ1) is 18.3. The van der Waals surface area contributed by atoms with Gasteiger partial charge in [0, 0.05) is 0 Å². The van der Waals surface area contributed by atoms with Gasteiger partial charge in [0.25, 0.3) is 10.0 Å². The molecular formula is C19H25NO3S. The predicted octanol–water partition coefficient (Wildman–Crippen LogP) is 4.32. The zero-order valence-corrected chi connectivity index (χ0v) is 15.5. The molecule has 24 heavy (non-hydrogen) atoms. The number of hydrogen-bond donors (Lipinski definition) is 1. The molecule has 0 amide bonds. The molecule has 2 aromatic carbocycles. The maximum Gasteiger partial charge on any atom is 0.261 e. The number of ether oxygens (including phenoxy) is 1. The Hall–Kier alpha value is -2.01. The summed E-state index contributed by atoms with van der Waals surface area (Å²) in [6.45, 7) is 8.34. The molecule has 5 heteroatoms. The van der Waals surface area contributed by atoms with Gasteiger partial charge in [-0.25, -0.2) is 8.42 Å². The zero-order valence-electron chi connectivity index (χ0n) is 14.7. The molecule has 2 aromatic rings. The smallest absolute Gasteiger partial charge is 0.261 e. The number of rotatable bonds is 7. The lowest BCUT2D eigenvalue weighted by molar-refractivity contribution is 0.337. The Bertz CT molecular complexity index is 791. The number of anilines is 1. The van der Waals surface area contributed by atoms with Crippen LogP contribution >= 0.6 is 0 Å². The van der Waals surface area contributed by atoms with Crippen molar-refractivity contribution in [1.29, 1.82) is 0 Å². The highest BCUT2D eigenvalue weighted by molar-refractivity contribution is 7.92. The second-order valence-electron chi connectivity index (χ2n) is 5.62. The highest BCUT2D eigenvalue weighted by atomic mass is 32.2. The predicted molar refractivity (Wildman–Crippen MR) is 98.4 cm³/mol. The van der Waals surface area contributed by atoms with E-state index in [-0.39, 0.29) is 4.90 Å². The molecule has 1 N–H and O–H groups in total. The highest BCUT2D eigenvalue weighted by Gasteiger charge is 2.18. The number of nitrogens with one attached hydrogen (secondary N) is 1. The van der Waals surface area contributed by atoms with Crippen LogP contribution in [0.1, 0.15) is 37.5 Å². The minimum absolute atomic E-state index is 0.247. The first-order valence-electron chi connectivity index (χ1n) is 8.29. The zero-order chi connectivity index (χ0) is 17.7. The van der Waals surface area contributed by atoms with Crippen LogP contribution in [0.15, 0.2) is 41.3 Å². The van der Waals surface area contributed by atoms with E-state index in [0.29, 0.717) is 18.0 Å². The Balaban J connectivity index is 2.41. The van der Waals surface area contributed by atoms with Gasteiger partial charge in [-0.2, -0.15) is 0 Å². The van der Waals surface area contributed by atoms with E-state index in [4.69, 9.17) is 4.74 Å². The molecule has 0 aliphatic carbocycles. The van der Waals surface area contributed by atoms with E-state index >= 15 is 0 Å². The maximum absolute atomic E-state index is 12.8. The quantitative estimate of drug-likeness (QED) is 0.811. The molecule has 0 bridgehead atoms. The van der Waals surface area contributed by atoms with E-state index < -0.39 is 10.0 Å². The Labute approximate surface area is 144 Å². The van der Waals surface area contributed by atoms with Gasteiger partial charge in [0.1, 0.15) is 5.75 Å². The number of hydrogen-bond acceptors (Lipinski definition) is 3. The summed E-state index contributed by atoms with van der Waals surface area (Å²) in [6, 6.07) is 10.8. The SMILES string of the molecule is CCOc1ccc(S(=O)(=O)Nc2c(CC)cccc2CC)cc1C. The van der Waals surface area contributed by atoms with Crippen LogP contribution in [-0.4, -0.2) is 15.0 Å². The van der Waals surface area contributed by atoms with Crippen LogP contribution in [0.3, 0.4) is 0 Å². The van der Waals surface area contributed by atoms with Crippen molar-refractivity contribution in [2.75, 3.05) is 11.3 Å². The third kappa shape index (κ3) is 3.90. The minimum Gasteiger partial charge on any atom is -0.494 e. The number of aryl methyl sites for hydroxylation is 3. The highest BCUT2D eigenvalue weighted by Crippen LogP contribution is 2.27. The van der Waals surface area contributed by atoms with Crippen molar-refractivity contribution in [1.82, 2.24) is 0 Å². The van der Waals surface area contributed by atoms with E-state index in [1.165, 1.54) is 0 Å². The lowest BCUT2D eigenvalue weighted by atomic mass is 10.0. The number of benzene rings is 2. The van der Waals surface area contributed by atoms with E-state index in [1.807, 2.05) is 45.9 Å². The van der Waals surface area contributed by atoms with E-state index in [9.17, 15) is 8.42 Å². The molecule has 0 radical (unpaired) electrons. The summed E-state index contributed by atoms with van der Waals surface area (Å²) in [4.78, 5) is 0.247. The van der Waals surface area contributed by atoms with Crippen molar-refractivity contribution in [3.63, 3.8) is 0 Å². The molecule has 0 spiro atoms. The van der Waals surface area contributed by atoms with Crippen LogP contribution in [0.5, 0.6) is 5.75 Å². The van der Waals surface area contributed by atoms with Crippen molar-refractivity contribution in [2.45, 2.75) is 45.4 Å². The Morgan fingerprint density at radius 2 is 1.62 bits per heavy atom.